The van der Waals surface area contributed by atoms with E-state index in [0.29, 0.717) is 11.4 Å². The van der Waals surface area contributed by atoms with E-state index >= 15 is 0 Å². The van der Waals surface area contributed by atoms with Crippen LogP contribution in [0.4, 0.5) is 0 Å². The molecule has 1 atom stereocenters. The van der Waals surface area contributed by atoms with Gasteiger partial charge >= 0.3 is 0 Å². The van der Waals surface area contributed by atoms with Gasteiger partial charge < -0.3 is 0 Å². The van der Waals surface area contributed by atoms with E-state index in [1.54, 1.807) is 10.4 Å². The maximum Gasteiger partial charge on any atom is 0.243 e. The molecule has 1 aliphatic heterocycles. The van der Waals surface area contributed by atoms with E-state index in [-0.39, 0.29) is 6.04 Å². The second-order valence-electron chi connectivity index (χ2n) is 5.22. The highest BCUT2D eigenvalue weighted by Gasteiger charge is 2.31. The van der Waals surface area contributed by atoms with Crippen molar-refractivity contribution in [1.29, 1.82) is 0 Å². The van der Waals surface area contributed by atoms with Crippen LogP contribution in [0.2, 0.25) is 0 Å². The second-order valence-corrected chi connectivity index (χ2v) is 8.00. The summed E-state index contributed by atoms with van der Waals surface area (Å²) in [7, 11) is -3.38. The largest absolute Gasteiger partial charge is 0.243 e. The van der Waals surface area contributed by atoms with Gasteiger partial charge in [0.25, 0.3) is 0 Å². The third kappa shape index (κ3) is 3.20. The van der Waals surface area contributed by atoms with Crippen molar-refractivity contribution < 1.29 is 8.42 Å². The molecule has 1 heterocycles. The Morgan fingerprint density at radius 3 is 2.74 bits per heavy atom. The van der Waals surface area contributed by atoms with E-state index in [0.717, 1.165) is 35.7 Å². The van der Waals surface area contributed by atoms with Crippen LogP contribution in [0.25, 0.3) is 0 Å². The molecule has 2 rings (SSSR count). The minimum absolute atomic E-state index is 0.0888. The third-order valence-corrected chi connectivity index (χ3v) is 6.38. The van der Waals surface area contributed by atoms with E-state index in [1.807, 2.05) is 26.0 Å². The minimum Gasteiger partial charge on any atom is -0.207 e. The summed E-state index contributed by atoms with van der Waals surface area (Å²) in [5.41, 5.74) is 0.805. The van der Waals surface area contributed by atoms with Gasteiger partial charge in [0.1, 0.15) is 0 Å². The molecule has 1 fully saturated rings. The summed E-state index contributed by atoms with van der Waals surface area (Å²) in [4.78, 5) is 0.427. The van der Waals surface area contributed by atoms with Gasteiger partial charge in [0, 0.05) is 17.1 Å². The molecule has 0 bridgehead atoms. The lowest BCUT2D eigenvalue weighted by atomic mass is 10.1. The molecule has 1 unspecified atom stereocenters. The average molecular weight is 346 g/mol. The fraction of sp³-hybridized carbons (Fsp3) is 0.571. The predicted octanol–water partition coefficient (Wildman–Crippen LogP) is 3.71. The third-order valence-electron chi connectivity index (χ3n) is 3.73. The summed E-state index contributed by atoms with van der Waals surface area (Å²) in [6.07, 6.45) is 4.14. The fourth-order valence-electron chi connectivity index (χ4n) is 2.58. The zero-order chi connectivity index (χ0) is 14.0. The van der Waals surface area contributed by atoms with Crippen LogP contribution < -0.4 is 0 Å². The molecule has 106 valence electrons. The Kier molecular flexibility index (Phi) is 4.69. The number of aryl methyl sites for hydroxylation is 1. The molecule has 3 nitrogen and oxygen atoms in total. The van der Waals surface area contributed by atoms with Crippen LogP contribution in [0, 0.1) is 6.92 Å². The highest BCUT2D eigenvalue weighted by molar-refractivity contribution is 9.10. The molecular weight excluding hydrogens is 326 g/mol. The predicted molar refractivity (Wildman–Crippen MR) is 80.7 cm³/mol. The van der Waals surface area contributed by atoms with Crippen LogP contribution in [0.1, 0.15) is 38.2 Å². The van der Waals surface area contributed by atoms with E-state index in [1.165, 1.54) is 0 Å². The maximum absolute atomic E-state index is 12.8. The van der Waals surface area contributed by atoms with E-state index in [9.17, 15) is 8.42 Å². The maximum atomic E-state index is 12.8. The fourth-order valence-corrected chi connectivity index (χ4v) is 5.05. The number of hydrogen-bond acceptors (Lipinski definition) is 2. The van der Waals surface area contributed by atoms with Gasteiger partial charge in [-0.1, -0.05) is 34.8 Å². The zero-order valence-electron chi connectivity index (χ0n) is 11.4. The molecule has 1 aliphatic rings. The Bertz CT molecular complexity index is 557. The highest BCUT2D eigenvalue weighted by Crippen LogP contribution is 2.28. The monoisotopic (exact) mass is 345 g/mol. The first kappa shape index (κ1) is 15.0. The molecule has 0 aromatic heterocycles. The normalized spacial score (nSPS) is 22.2. The molecule has 0 spiro atoms. The molecule has 1 aromatic rings. The van der Waals surface area contributed by atoms with E-state index in [2.05, 4.69) is 15.9 Å². The average Bonchev–Trinajstić information content (AvgIpc) is 2.57. The van der Waals surface area contributed by atoms with Crippen LogP contribution in [0.15, 0.2) is 27.6 Å². The topological polar surface area (TPSA) is 37.4 Å². The highest BCUT2D eigenvalue weighted by atomic mass is 79.9. The second kappa shape index (κ2) is 5.94. The molecule has 0 saturated carbocycles. The Morgan fingerprint density at radius 1 is 1.26 bits per heavy atom. The van der Waals surface area contributed by atoms with Crippen LogP contribution in [-0.2, 0) is 10.0 Å². The van der Waals surface area contributed by atoms with Crippen LogP contribution in [0.3, 0.4) is 0 Å². The Hall–Kier alpha value is -0.390. The van der Waals surface area contributed by atoms with Crippen LogP contribution in [0.5, 0.6) is 0 Å². The van der Waals surface area contributed by atoms with Gasteiger partial charge in [0.05, 0.1) is 4.90 Å². The Balaban J connectivity index is 2.43. The van der Waals surface area contributed by atoms with Crippen molar-refractivity contribution in [3.05, 3.63) is 28.2 Å². The molecule has 0 aliphatic carbocycles. The summed E-state index contributed by atoms with van der Waals surface area (Å²) in [5.74, 6) is 0. The summed E-state index contributed by atoms with van der Waals surface area (Å²) < 4.78 is 28.1. The molecule has 1 saturated heterocycles. The van der Waals surface area contributed by atoms with Gasteiger partial charge in [-0.15, -0.1) is 0 Å². The molecule has 5 heteroatoms. The van der Waals surface area contributed by atoms with Crippen molar-refractivity contribution in [1.82, 2.24) is 4.31 Å². The standard InChI is InChI=1S/C14H20BrNO2S/c1-11-7-8-13(15)10-14(11)19(17,18)16-9-5-3-4-6-12(16)2/h7-8,10,12H,3-6,9H2,1-2H3. The van der Waals surface area contributed by atoms with Gasteiger partial charge in [-0.2, -0.15) is 4.31 Å². The molecule has 0 radical (unpaired) electrons. The SMILES string of the molecule is Cc1ccc(Br)cc1S(=O)(=O)N1CCCCCC1C. The van der Waals surface area contributed by atoms with Crippen molar-refractivity contribution >= 4 is 26.0 Å². The van der Waals surface area contributed by atoms with Gasteiger partial charge in [-0.3, -0.25) is 0 Å². The molecule has 0 amide bonds. The smallest absolute Gasteiger partial charge is 0.207 e. The van der Waals surface area contributed by atoms with Gasteiger partial charge in [0.15, 0.2) is 0 Å². The number of sulfonamides is 1. The van der Waals surface area contributed by atoms with E-state index in [4.69, 9.17) is 0 Å². The first-order valence-electron chi connectivity index (χ1n) is 6.71. The van der Waals surface area contributed by atoms with Gasteiger partial charge in [-0.25, -0.2) is 8.42 Å². The lowest BCUT2D eigenvalue weighted by Crippen LogP contribution is -2.38. The number of nitrogens with zero attached hydrogens (tertiary/aromatic N) is 1. The molecule has 19 heavy (non-hydrogen) atoms. The van der Waals surface area contributed by atoms with Gasteiger partial charge in [0.2, 0.25) is 10.0 Å². The van der Waals surface area contributed by atoms with Gasteiger partial charge in [-0.05, 0) is 44.4 Å². The lowest BCUT2D eigenvalue weighted by Gasteiger charge is -2.27. The molecule has 0 N–H and O–H groups in total. The molecule has 1 aromatic carbocycles. The quantitative estimate of drug-likeness (QED) is 0.819. The summed E-state index contributed by atoms with van der Waals surface area (Å²) in [6.45, 7) is 4.49. The molecular formula is C14H20BrNO2S. The van der Waals surface area contributed by atoms with Crippen LogP contribution >= 0.6 is 15.9 Å². The van der Waals surface area contributed by atoms with Crippen LogP contribution in [-0.4, -0.2) is 25.3 Å². The number of benzene rings is 1. The van der Waals surface area contributed by atoms with E-state index < -0.39 is 10.0 Å². The number of halogens is 1. The van der Waals surface area contributed by atoms with Crippen molar-refractivity contribution in [2.75, 3.05) is 6.54 Å². The summed E-state index contributed by atoms with van der Waals surface area (Å²) in [5, 5.41) is 0. The number of hydrogen-bond donors (Lipinski definition) is 0. The Labute approximate surface area is 124 Å². The minimum atomic E-state index is -3.38. The Morgan fingerprint density at radius 2 is 2.00 bits per heavy atom. The lowest BCUT2D eigenvalue weighted by molar-refractivity contribution is 0.342. The zero-order valence-corrected chi connectivity index (χ0v) is 13.8. The first-order chi connectivity index (χ1) is 8.93. The van der Waals surface area contributed by atoms with Crippen molar-refractivity contribution in [2.45, 2.75) is 50.5 Å². The summed E-state index contributed by atoms with van der Waals surface area (Å²) >= 11 is 3.36. The first-order valence-corrected chi connectivity index (χ1v) is 8.94. The van der Waals surface area contributed by atoms with Crippen molar-refractivity contribution in [2.24, 2.45) is 0 Å². The number of rotatable bonds is 2. The summed E-state index contributed by atoms with van der Waals surface area (Å²) in [6, 6.07) is 5.52. The van der Waals surface area contributed by atoms with Crippen molar-refractivity contribution in [3.8, 4) is 0 Å². The van der Waals surface area contributed by atoms with Crippen molar-refractivity contribution in [3.63, 3.8) is 0 Å².